The van der Waals surface area contributed by atoms with Crippen LogP contribution in [0.4, 0.5) is 0 Å². The molecule has 1 rings (SSSR count). The number of aliphatic carboxylic acids is 2. The second kappa shape index (κ2) is 33.0. The van der Waals surface area contributed by atoms with Gasteiger partial charge in [0.2, 0.25) is 53.2 Å². The molecule has 25 heteroatoms. The van der Waals surface area contributed by atoms with Gasteiger partial charge in [0.1, 0.15) is 42.3 Å². The molecule has 25 nitrogen and oxygen atoms in total. The first-order valence-electron chi connectivity index (χ1n) is 24.1. The predicted octanol–water partition coefficient (Wildman–Crippen LogP) is -2.85. The van der Waals surface area contributed by atoms with Crippen LogP contribution in [0.2, 0.25) is 0 Å². The summed E-state index contributed by atoms with van der Waals surface area (Å²) >= 11 is 0. The van der Waals surface area contributed by atoms with E-state index in [0.717, 1.165) is 0 Å². The Labute approximate surface area is 419 Å². The summed E-state index contributed by atoms with van der Waals surface area (Å²) < 4.78 is 0. The summed E-state index contributed by atoms with van der Waals surface area (Å²) in [5.41, 5.74) is 17.4. The number of carbonyl (C=O) groups excluding carboxylic acids is 9. The fraction of sp³-hybridized carbons (Fsp3) is 0.638. The molecule has 0 aliphatic heterocycles. The van der Waals surface area contributed by atoms with E-state index in [1.54, 1.807) is 71.9 Å². The van der Waals surface area contributed by atoms with Gasteiger partial charge in [-0.2, -0.15) is 0 Å². The van der Waals surface area contributed by atoms with Crippen LogP contribution < -0.4 is 59.7 Å². The fourth-order valence-electron chi connectivity index (χ4n) is 7.08. The Hall–Kier alpha value is -6.73. The normalized spacial score (nSPS) is 14.9. The zero-order valence-corrected chi connectivity index (χ0v) is 42.0. The van der Waals surface area contributed by atoms with E-state index in [2.05, 4.69) is 42.5 Å². The zero-order valence-electron chi connectivity index (χ0n) is 42.0. The minimum absolute atomic E-state index is 0.0455. The van der Waals surface area contributed by atoms with Gasteiger partial charge in [0.05, 0.1) is 25.6 Å². The lowest BCUT2D eigenvalue weighted by atomic mass is 9.96. The third-order valence-electron chi connectivity index (χ3n) is 11.3. The highest BCUT2D eigenvalue weighted by molar-refractivity contribution is 5.98. The smallest absolute Gasteiger partial charge is 0.328 e. The number of aliphatic hydroxyl groups is 1. The molecule has 0 spiro atoms. The monoisotopic (exact) mass is 1020 g/mol. The van der Waals surface area contributed by atoms with E-state index in [1.165, 1.54) is 0 Å². The van der Waals surface area contributed by atoms with Crippen LogP contribution in [0.15, 0.2) is 30.3 Å². The maximum atomic E-state index is 14.1. The van der Waals surface area contributed by atoms with Crippen molar-refractivity contribution in [2.75, 3.05) is 19.7 Å². The molecule has 0 saturated carbocycles. The van der Waals surface area contributed by atoms with E-state index >= 15 is 0 Å². The van der Waals surface area contributed by atoms with Crippen LogP contribution in [0.25, 0.3) is 0 Å². The Morgan fingerprint density at radius 3 is 1.60 bits per heavy atom. The maximum absolute atomic E-state index is 14.1. The SMILES string of the molecule is CC[C@H](C)[C@H](NC(=O)[C@H](CC(C)C)NC(=O)[C@H](CC(=O)O)NC(=O)[C@H](CC(C)C)NC(=O)[C@H](CCC(N)=O)NC(=O)[C@H](Cc1ccccc1)NC(=O)CNC(=O)[C@@H](N)CCCCN)C(=O)N[C@@H](CO)C(=O)O. The molecule has 9 amide bonds. The van der Waals surface area contributed by atoms with Crippen molar-refractivity contribution in [3.05, 3.63) is 35.9 Å². The lowest BCUT2D eigenvalue weighted by molar-refractivity contribution is -0.143. The van der Waals surface area contributed by atoms with Crippen LogP contribution >= 0.6 is 0 Å². The van der Waals surface area contributed by atoms with Crippen molar-refractivity contribution in [1.82, 2.24) is 42.5 Å². The summed E-state index contributed by atoms with van der Waals surface area (Å²) in [6.07, 6.45) is -0.135. The number of hydrogen-bond donors (Lipinski definition) is 14. The van der Waals surface area contributed by atoms with Crippen molar-refractivity contribution in [1.29, 1.82) is 0 Å². The van der Waals surface area contributed by atoms with E-state index in [0.29, 0.717) is 37.8 Å². The summed E-state index contributed by atoms with van der Waals surface area (Å²) in [5.74, 6) is -12.3. The van der Waals surface area contributed by atoms with Crippen LogP contribution in [0.5, 0.6) is 0 Å². The molecule has 0 aliphatic rings. The Bertz CT molecular complexity index is 1990. The number of carboxylic acids is 2. The Morgan fingerprint density at radius 2 is 1.10 bits per heavy atom. The fourth-order valence-corrected chi connectivity index (χ4v) is 7.08. The highest BCUT2D eigenvalue weighted by Crippen LogP contribution is 2.14. The van der Waals surface area contributed by atoms with Gasteiger partial charge in [0.25, 0.3) is 0 Å². The molecule has 0 aromatic heterocycles. The van der Waals surface area contributed by atoms with Crippen LogP contribution in [0, 0.1) is 17.8 Å². The molecule has 0 heterocycles. The number of benzene rings is 1. The Balaban J connectivity index is 3.45. The summed E-state index contributed by atoms with van der Waals surface area (Å²) in [7, 11) is 0. The summed E-state index contributed by atoms with van der Waals surface area (Å²) in [6.45, 7) is 9.06. The van der Waals surface area contributed by atoms with Gasteiger partial charge in [-0.3, -0.25) is 47.9 Å². The lowest BCUT2D eigenvalue weighted by Gasteiger charge is -2.29. The Kier molecular flexibility index (Phi) is 29.0. The van der Waals surface area contributed by atoms with Crippen molar-refractivity contribution < 1.29 is 68.1 Å². The van der Waals surface area contributed by atoms with Crippen molar-refractivity contribution in [3.8, 4) is 0 Å². The highest BCUT2D eigenvalue weighted by Gasteiger charge is 2.36. The molecular formula is C47H77N11O14. The van der Waals surface area contributed by atoms with Crippen molar-refractivity contribution in [2.45, 2.75) is 154 Å². The van der Waals surface area contributed by atoms with E-state index in [4.69, 9.17) is 17.2 Å². The van der Waals surface area contributed by atoms with Gasteiger partial charge in [-0.1, -0.05) is 84.7 Å². The third kappa shape index (κ3) is 24.4. The summed E-state index contributed by atoms with van der Waals surface area (Å²) in [4.78, 5) is 144. The van der Waals surface area contributed by atoms with Gasteiger partial charge in [-0.15, -0.1) is 0 Å². The molecule has 0 bridgehead atoms. The third-order valence-corrected chi connectivity index (χ3v) is 11.3. The number of nitrogens with two attached hydrogens (primary N) is 3. The molecule has 0 aliphatic carbocycles. The number of hydrogen-bond acceptors (Lipinski definition) is 14. The van der Waals surface area contributed by atoms with Crippen molar-refractivity contribution in [2.24, 2.45) is 35.0 Å². The number of carboxylic acid groups (broad SMARTS) is 2. The summed E-state index contributed by atoms with van der Waals surface area (Å²) in [6, 6.07) is -3.08. The molecule has 0 radical (unpaired) electrons. The first-order chi connectivity index (χ1) is 33.8. The first-order valence-corrected chi connectivity index (χ1v) is 24.1. The van der Waals surface area contributed by atoms with Crippen LogP contribution in [0.3, 0.4) is 0 Å². The van der Waals surface area contributed by atoms with Gasteiger partial charge in [0, 0.05) is 12.8 Å². The molecule has 72 heavy (non-hydrogen) atoms. The molecule has 9 atom stereocenters. The van der Waals surface area contributed by atoms with Crippen molar-refractivity contribution in [3.63, 3.8) is 0 Å². The minimum Gasteiger partial charge on any atom is -0.481 e. The van der Waals surface area contributed by atoms with E-state index < -0.39 is 145 Å². The quantitative estimate of drug-likeness (QED) is 0.0304. The largest absolute Gasteiger partial charge is 0.481 e. The van der Waals surface area contributed by atoms with Gasteiger partial charge in [-0.25, -0.2) is 4.79 Å². The van der Waals surface area contributed by atoms with Crippen LogP contribution in [-0.4, -0.2) is 148 Å². The topological polar surface area (TPSA) is 423 Å². The lowest BCUT2D eigenvalue weighted by Crippen LogP contribution is -2.61. The number of primary amides is 1. The number of nitrogens with one attached hydrogen (secondary N) is 8. The molecule has 1 aromatic carbocycles. The van der Waals surface area contributed by atoms with E-state index in [-0.39, 0.29) is 37.5 Å². The molecule has 0 unspecified atom stereocenters. The number of aliphatic hydroxyl groups excluding tert-OH is 1. The molecular weight excluding hydrogens is 943 g/mol. The highest BCUT2D eigenvalue weighted by atomic mass is 16.4. The van der Waals surface area contributed by atoms with Gasteiger partial charge in [-0.05, 0) is 62.0 Å². The van der Waals surface area contributed by atoms with E-state index in [9.17, 15) is 68.1 Å². The first kappa shape index (κ1) is 63.3. The molecule has 0 fully saturated rings. The molecule has 1 aromatic rings. The summed E-state index contributed by atoms with van der Waals surface area (Å²) in [5, 5.41) is 48.1. The van der Waals surface area contributed by atoms with E-state index in [1.807, 2.05) is 0 Å². The maximum Gasteiger partial charge on any atom is 0.328 e. The number of amides is 9. The molecule has 0 saturated heterocycles. The average Bonchev–Trinajstić information content (AvgIpc) is 3.31. The van der Waals surface area contributed by atoms with Gasteiger partial charge < -0.3 is 75.1 Å². The number of carbonyl (C=O) groups is 11. The average molecular weight is 1020 g/mol. The van der Waals surface area contributed by atoms with Crippen LogP contribution in [0.1, 0.15) is 105 Å². The molecule has 404 valence electrons. The predicted molar refractivity (Wildman–Crippen MR) is 261 cm³/mol. The van der Waals surface area contributed by atoms with Crippen molar-refractivity contribution >= 4 is 65.1 Å². The van der Waals surface area contributed by atoms with Gasteiger partial charge in [0.15, 0.2) is 0 Å². The number of unbranched alkanes of at least 4 members (excludes halogenated alkanes) is 1. The second-order valence-electron chi connectivity index (χ2n) is 18.5. The zero-order chi connectivity index (χ0) is 54.7. The second-order valence-corrected chi connectivity index (χ2v) is 18.5. The molecule has 17 N–H and O–H groups in total. The van der Waals surface area contributed by atoms with Crippen LogP contribution in [-0.2, 0) is 59.2 Å². The standard InChI is InChI=1S/C47H77N11O14/c1-7-27(6)39(46(70)57-35(24-59)47(71)72)58-45(69)32(20-26(4)5)55-44(68)34(22-38(62)63)56-42(66)31(19-25(2)3)54-41(65)30(16-17-36(50)60)53-43(67)33(21-28-13-9-8-10-14-28)52-37(61)23-51-40(64)29(49)15-11-12-18-48/h8-10,13-14,25-27,29-35,39,59H,7,11-12,15-24,48-49H2,1-6H3,(H2,50,60)(H,51,64)(H,52,61)(H,53,67)(H,54,65)(H,55,68)(H,56,66)(H,57,70)(H,58,69)(H,62,63)(H,71,72)/t27-,29-,30-,31-,32-,33-,34-,35-,39-/m0/s1. The Morgan fingerprint density at radius 1 is 0.597 bits per heavy atom. The minimum atomic E-state index is -1.84. The number of rotatable bonds is 35. The van der Waals surface area contributed by atoms with Gasteiger partial charge >= 0.3 is 11.9 Å².